The summed E-state index contributed by atoms with van der Waals surface area (Å²) >= 11 is 0. The molecule has 1 saturated heterocycles. The molecule has 2 N–H and O–H groups in total. The van der Waals surface area contributed by atoms with Gasteiger partial charge in [0.1, 0.15) is 30.2 Å². The van der Waals surface area contributed by atoms with Gasteiger partial charge in [-0.25, -0.2) is 14.4 Å². The number of nitrogens with one attached hydrogen (secondary N) is 2. The Balaban J connectivity index is 1.33. The molecule has 10 heteroatoms. The lowest BCUT2D eigenvalue weighted by Gasteiger charge is -2.15. The summed E-state index contributed by atoms with van der Waals surface area (Å²) in [5.41, 5.74) is 6.11. The summed E-state index contributed by atoms with van der Waals surface area (Å²) in [5, 5.41) is 8.42. The number of ether oxygens (including phenoxy) is 1. The summed E-state index contributed by atoms with van der Waals surface area (Å²) < 4.78 is 20.6. The molecule has 40 heavy (non-hydrogen) atoms. The maximum absolute atomic E-state index is 14.7. The van der Waals surface area contributed by atoms with Gasteiger partial charge in [0, 0.05) is 29.8 Å². The lowest BCUT2D eigenvalue weighted by Crippen LogP contribution is -2.25. The molecule has 0 aliphatic carbocycles. The molecule has 0 spiro atoms. The lowest BCUT2D eigenvalue weighted by molar-refractivity contribution is 0.237. The number of pyridine rings is 1. The van der Waals surface area contributed by atoms with Gasteiger partial charge in [-0.15, -0.1) is 0 Å². The molecule has 3 aromatic heterocycles. The third-order valence-electron chi connectivity index (χ3n) is 7.06. The molecule has 5 aromatic rings. The minimum absolute atomic E-state index is 0.351. The van der Waals surface area contributed by atoms with Crippen LogP contribution in [0.15, 0.2) is 64.8 Å². The highest BCUT2D eigenvalue weighted by Gasteiger charge is 2.17. The molecule has 0 saturated carbocycles. The molecular weight excluding hydrogens is 507 g/mol. The van der Waals surface area contributed by atoms with E-state index >= 15 is 0 Å². The first-order valence-electron chi connectivity index (χ1n) is 13.2. The zero-order valence-corrected chi connectivity index (χ0v) is 22.2. The van der Waals surface area contributed by atoms with Crippen LogP contribution in [0, 0.1) is 5.82 Å². The molecule has 0 radical (unpaired) electrons. The lowest BCUT2D eigenvalue weighted by atomic mass is 10.0. The highest BCUT2D eigenvalue weighted by atomic mass is 19.1. The number of aromatic amines is 2. The van der Waals surface area contributed by atoms with E-state index in [2.05, 4.69) is 41.8 Å². The summed E-state index contributed by atoms with van der Waals surface area (Å²) in [6, 6.07) is 12.6. The van der Waals surface area contributed by atoms with Crippen LogP contribution in [-0.4, -0.2) is 69.3 Å². The van der Waals surface area contributed by atoms with E-state index < -0.39 is 0 Å². The Hall–Kier alpha value is -4.70. The number of allylic oxidation sites excluding steroid dienone is 1. The van der Waals surface area contributed by atoms with Crippen LogP contribution in [0.1, 0.15) is 25.5 Å². The van der Waals surface area contributed by atoms with Crippen LogP contribution in [0.4, 0.5) is 4.39 Å². The van der Waals surface area contributed by atoms with Crippen LogP contribution in [0.25, 0.3) is 50.2 Å². The Morgan fingerprint density at radius 1 is 1.18 bits per heavy atom. The van der Waals surface area contributed by atoms with Crippen molar-refractivity contribution in [2.45, 2.75) is 19.8 Å². The van der Waals surface area contributed by atoms with Crippen molar-refractivity contribution in [3.8, 4) is 28.4 Å². The second-order valence-electron chi connectivity index (χ2n) is 9.81. The number of para-hydroxylation sites is 1. The fraction of sp³-hybridized carbons (Fsp3) is 0.233. The molecule has 2 aromatic carbocycles. The number of rotatable bonds is 9. The molecule has 1 aliphatic heterocycles. The first-order chi connectivity index (χ1) is 19.6. The predicted octanol–water partition coefficient (Wildman–Crippen LogP) is 5.87. The van der Waals surface area contributed by atoms with Gasteiger partial charge < -0.3 is 9.72 Å². The number of halogens is 1. The van der Waals surface area contributed by atoms with Crippen LogP contribution >= 0.6 is 0 Å². The molecule has 0 atom stereocenters. The molecule has 1 aliphatic rings. The van der Waals surface area contributed by atoms with Crippen molar-refractivity contribution in [2.24, 2.45) is 9.98 Å². The van der Waals surface area contributed by atoms with Gasteiger partial charge in [-0.3, -0.25) is 20.0 Å². The summed E-state index contributed by atoms with van der Waals surface area (Å²) in [4.78, 5) is 22.9. The van der Waals surface area contributed by atoms with Gasteiger partial charge in [0.25, 0.3) is 0 Å². The van der Waals surface area contributed by atoms with Crippen LogP contribution in [0.3, 0.4) is 0 Å². The number of aliphatic imine (C=N–C) groups is 2. The molecule has 0 bridgehead atoms. The average molecular weight is 537 g/mol. The summed E-state index contributed by atoms with van der Waals surface area (Å²) in [6.07, 6.45) is 7.25. The summed E-state index contributed by atoms with van der Waals surface area (Å²) in [7, 11) is 0. The molecule has 1 fully saturated rings. The monoisotopic (exact) mass is 536 g/mol. The minimum atomic E-state index is -0.351. The van der Waals surface area contributed by atoms with Gasteiger partial charge in [0.2, 0.25) is 0 Å². The van der Waals surface area contributed by atoms with Crippen molar-refractivity contribution in [3.63, 3.8) is 0 Å². The maximum atomic E-state index is 14.7. The Morgan fingerprint density at radius 2 is 2.05 bits per heavy atom. The molecule has 4 heterocycles. The molecular formula is C30H29FN8O. The van der Waals surface area contributed by atoms with Gasteiger partial charge in [0.05, 0.1) is 28.4 Å². The van der Waals surface area contributed by atoms with Crippen LogP contribution < -0.4 is 4.74 Å². The largest absolute Gasteiger partial charge is 0.492 e. The smallest absolute Gasteiger partial charge is 0.159 e. The normalized spacial score (nSPS) is 14.6. The molecule has 0 unspecified atom stereocenters. The number of nitrogens with zero attached hydrogens (tertiary/aromatic N) is 6. The van der Waals surface area contributed by atoms with Crippen molar-refractivity contribution in [2.75, 3.05) is 26.2 Å². The predicted molar refractivity (Wildman–Crippen MR) is 157 cm³/mol. The Bertz CT molecular complexity index is 1750. The number of aromatic nitrogens is 5. The van der Waals surface area contributed by atoms with E-state index in [1.807, 2.05) is 37.3 Å². The highest BCUT2D eigenvalue weighted by molar-refractivity contribution is 5.97. The van der Waals surface area contributed by atoms with E-state index in [0.717, 1.165) is 58.4 Å². The first-order valence-corrected chi connectivity index (χ1v) is 13.2. The molecule has 9 nitrogen and oxygen atoms in total. The third-order valence-corrected chi connectivity index (χ3v) is 7.06. The second kappa shape index (κ2) is 11.2. The van der Waals surface area contributed by atoms with Gasteiger partial charge in [-0.1, -0.05) is 12.1 Å². The van der Waals surface area contributed by atoms with Crippen molar-refractivity contribution < 1.29 is 9.13 Å². The summed E-state index contributed by atoms with van der Waals surface area (Å²) in [5.74, 6) is 0.758. The zero-order valence-electron chi connectivity index (χ0n) is 22.2. The zero-order chi connectivity index (χ0) is 27.5. The van der Waals surface area contributed by atoms with E-state index in [1.54, 1.807) is 12.4 Å². The average Bonchev–Trinajstić information content (AvgIpc) is 3.72. The van der Waals surface area contributed by atoms with E-state index in [0.29, 0.717) is 29.4 Å². The van der Waals surface area contributed by atoms with Crippen molar-refractivity contribution in [1.29, 1.82) is 0 Å². The quantitative estimate of drug-likeness (QED) is 0.181. The highest BCUT2D eigenvalue weighted by Crippen LogP contribution is 2.34. The number of benzene rings is 2. The number of hydrogen-bond acceptors (Lipinski definition) is 6. The molecule has 6 rings (SSSR count). The minimum Gasteiger partial charge on any atom is -0.492 e. The summed E-state index contributed by atoms with van der Waals surface area (Å²) in [6.45, 7) is 8.88. The molecule has 0 amide bonds. The van der Waals surface area contributed by atoms with Gasteiger partial charge in [-0.2, -0.15) is 5.10 Å². The fourth-order valence-corrected chi connectivity index (χ4v) is 5.05. The van der Waals surface area contributed by atoms with Gasteiger partial charge >= 0.3 is 0 Å². The number of likely N-dealkylation sites (tertiary alicyclic amines) is 1. The third kappa shape index (κ3) is 5.26. The van der Waals surface area contributed by atoms with E-state index in [1.165, 1.54) is 31.3 Å². The molecule has 202 valence electrons. The van der Waals surface area contributed by atoms with Crippen molar-refractivity contribution in [3.05, 3.63) is 66.4 Å². The fourth-order valence-electron chi connectivity index (χ4n) is 5.05. The van der Waals surface area contributed by atoms with E-state index in [9.17, 15) is 4.39 Å². The topological polar surface area (TPSA) is 107 Å². The van der Waals surface area contributed by atoms with Crippen molar-refractivity contribution >= 4 is 40.6 Å². The number of hydrogen-bond donors (Lipinski definition) is 2. The van der Waals surface area contributed by atoms with Crippen molar-refractivity contribution in [1.82, 2.24) is 30.0 Å². The number of fused-ring (bicyclic) bond motifs is 2. The Morgan fingerprint density at radius 3 is 2.90 bits per heavy atom. The van der Waals surface area contributed by atoms with Crippen LogP contribution in [0.2, 0.25) is 0 Å². The van der Waals surface area contributed by atoms with E-state index in [-0.39, 0.29) is 5.82 Å². The maximum Gasteiger partial charge on any atom is 0.159 e. The van der Waals surface area contributed by atoms with Gasteiger partial charge in [-0.05, 0) is 75.0 Å². The van der Waals surface area contributed by atoms with E-state index in [4.69, 9.17) is 9.72 Å². The van der Waals surface area contributed by atoms with Crippen LogP contribution in [0.5, 0.6) is 5.75 Å². The number of H-pyrrole nitrogens is 2. The Labute approximate surface area is 230 Å². The first kappa shape index (κ1) is 25.6. The SMILES string of the molecule is C=N/C=N\C=C(/C)c1cc2c(-c3nc4c(-c5cc(F)cc(OCCN6CCCC6)c5)cccc4[nH]3)n[nH]c2cn1. The second-order valence-corrected chi connectivity index (χ2v) is 9.81. The standard InChI is InChI=1S/C30H29FN8O/c1-19(16-33-18-32-2)26-15-24-27(17-34-26)37-38-29(24)30-35-25-7-5-6-23(28(25)36-30)20-12-21(31)14-22(13-20)40-11-10-39-8-3-4-9-39/h5-7,12-18H,2-4,8-11H2,1H3,(H,35,36)(H,37,38)/b19-16+,33-18-. The number of imidazole rings is 1. The Kier molecular flexibility index (Phi) is 7.15. The van der Waals surface area contributed by atoms with Gasteiger partial charge in [0.15, 0.2) is 5.82 Å². The van der Waals surface area contributed by atoms with Crippen LogP contribution in [-0.2, 0) is 0 Å².